The summed E-state index contributed by atoms with van der Waals surface area (Å²) < 4.78 is 0. The van der Waals surface area contributed by atoms with E-state index in [1.54, 1.807) is 24.3 Å². The minimum absolute atomic E-state index is 0.592. The lowest BCUT2D eigenvalue weighted by atomic mass is 10.0. The van der Waals surface area contributed by atoms with Gasteiger partial charge in [0.2, 0.25) is 0 Å². The van der Waals surface area contributed by atoms with Crippen molar-refractivity contribution in [3.05, 3.63) is 35.9 Å². The molecule has 0 fully saturated rings. The van der Waals surface area contributed by atoms with Crippen molar-refractivity contribution in [2.45, 2.75) is 12.1 Å². The van der Waals surface area contributed by atoms with Gasteiger partial charge in [0.25, 0.3) is 0 Å². The highest BCUT2D eigenvalue weighted by atomic mass is 16.4. The highest BCUT2D eigenvalue weighted by Gasteiger charge is 2.25. The number of aliphatic hydroxyl groups is 1. The summed E-state index contributed by atoms with van der Waals surface area (Å²) in [5, 5.41) is 21.0. The van der Waals surface area contributed by atoms with Crippen LogP contribution in [0.2, 0.25) is 0 Å². The van der Waals surface area contributed by atoms with Crippen molar-refractivity contribution in [1.82, 2.24) is 5.32 Å². The smallest absolute Gasteiger partial charge is 0.323 e. The van der Waals surface area contributed by atoms with Crippen LogP contribution in [0, 0.1) is 0 Å². The molecule has 0 saturated heterocycles. The number of aliphatic hydroxyl groups excluding tert-OH is 1. The third-order valence-electron chi connectivity index (χ3n) is 2.03. The first-order chi connectivity index (χ1) is 6.66. The summed E-state index contributed by atoms with van der Waals surface area (Å²) >= 11 is 0. The summed E-state index contributed by atoms with van der Waals surface area (Å²) in [6.07, 6.45) is -1.03. The second-order valence-electron chi connectivity index (χ2n) is 2.96. The average molecular weight is 195 g/mol. The van der Waals surface area contributed by atoms with Crippen LogP contribution in [0.4, 0.5) is 0 Å². The summed E-state index contributed by atoms with van der Waals surface area (Å²) in [4.78, 5) is 10.7. The van der Waals surface area contributed by atoms with E-state index in [2.05, 4.69) is 5.32 Å². The predicted octanol–water partition coefficient (Wildman–Crippen LogP) is 0.393. The summed E-state index contributed by atoms with van der Waals surface area (Å²) in [6, 6.07) is 7.74. The number of benzene rings is 1. The maximum atomic E-state index is 10.7. The monoisotopic (exact) mass is 195 g/mol. The van der Waals surface area contributed by atoms with Gasteiger partial charge in [-0.3, -0.25) is 4.79 Å². The van der Waals surface area contributed by atoms with E-state index < -0.39 is 18.1 Å². The Labute approximate surface area is 82.2 Å². The molecule has 3 N–H and O–H groups in total. The number of carbonyl (C=O) groups is 1. The van der Waals surface area contributed by atoms with Crippen LogP contribution in [0.15, 0.2) is 30.3 Å². The number of carboxylic acids is 1. The molecule has 76 valence electrons. The SMILES string of the molecule is CN[C@@H](C(=O)O)[C@@H](O)c1ccccc1. The molecule has 0 heterocycles. The molecule has 0 unspecified atom stereocenters. The summed E-state index contributed by atoms with van der Waals surface area (Å²) in [6.45, 7) is 0. The Morgan fingerprint density at radius 3 is 2.36 bits per heavy atom. The standard InChI is InChI=1S/C10H13NO3/c1-11-8(10(13)14)9(12)7-5-3-2-4-6-7/h2-6,8-9,11-12H,1H3,(H,13,14)/t8-,9+/m1/s1. The molecule has 2 atom stereocenters. The predicted molar refractivity (Wildman–Crippen MR) is 51.9 cm³/mol. The molecule has 14 heavy (non-hydrogen) atoms. The van der Waals surface area contributed by atoms with Gasteiger partial charge in [0.1, 0.15) is 12.1 Å². The fourth-order valence-electron chi connectivity index (χ4n) is 1.26. The molecule has 4 nitrogen and oxygen atoms in total. The van der Waals surface area contributed by atoms with E-state index >= 15 is 0 Å². The number of hydrogen-bond acceptors (Lipinski definition) is 3. The van der Waals surface area contributed by atoms with Crippen LogP contribution in [-0.4, -0.2) is 29.3 Å². The molecule has 0 radical (unpaired) electrons. The molecule has 1 aromatic carbocycles. The second kappa shape index (κ2) is 4.74. The maximum absolute atomic E-state index is 10.7. The Hall–Kier alpha value is -1.39. The highest BCUT2D eigenvalue weighted by molar-refractivity contribution is 5.74. The Kier molecular flexibility index (Phi) is 3.62. The molecular weight excluding hydrogens is 182 g/mol. The lowest BCUT2D eigenvalue weighted by Gasteiger charge is -2.18. The van der Waals surface area contributed by atoms with E-state index in [1.165, 1.54) is 7.05 Å². The van der Waals surface area contributed by atoms with Crippen LogP contribution in [0.1, 0.15) is 11.7 Å². The number of nitrogens with one attached hydrogen (secondary N) is 1. The van der Waals surface area contributed by atoms with Crippen molar-refractivity contribution in [2.75, 3.05) is 7.05 Å². The number of aliphatic carboxylic acids is 1. The Bertz CT molecular complexity index is 299. The molecule has 1 rings (SSSR count). The van der Waals surface area contributed by atoms with Gasteiger partial charge in [-0.2, -0.15) is 0 Å². The summed E-state index contributed by atoms with van der Waals surface area (Å²) in [7, 11) is 1.50. The molecule has 0 spiro atoms. The van der Waals surface area contributed by atoms with Crippen LogP contribution >= 0.6 is 0 Å². The van der Waals surface area contributed by atoms with E-state index in [9.17, 15) is 9.90 Å². The third kappa shape index (κ3) is 2.31. The van der Waals surface area contributed by atoms with Crippen molar-refractivity contribution in [3.63, 3.8) is 0 Å². The van der Waals surface area contributed by atoms with Crippen LogP contribution in [-0.2, 0) is 4.79 Å². The van der Waals surface area contributed by atoms with Gasteiger partial charge in [0, 0.05) is 0 Å². The van der Waals surface area contributed by atoms with Gasteiger partial charge >= 0.3 is 5.97 Å². The van der Waals surface area contributed by atoms with Crippen LogP contribution in [0.25, 0.3) is 0 Å². The second-order valence-corrected chi connectivity index (χ2v) is 2.96. The first-order valence-corrected chi connectivity index (χ1v) is 4.30. The van der Waals surface area contributed by atoms with Gasteiger partial charge in [-0.15, -0.1) is 0 Å². The number of likely N-dealkylation sites (N-methyl/N-ethyl adjacent to an activating group) is 1. The van der Waals surface area contributed by atoms with Gasteiger partial charge in [0.15, 0.2) is 0 Å². The fraction of sp³-hybridized carbons (Fsp3) is 0.300. The maximum Gasteiger partial charge on any atom is 0.323 e. The highest BCUT2D eigenvalue weighted by Crippen LogP contribution is 2.16. The first-order valence-electron chi connectivity index (χ1n) is 4.30. The van der Waals surface area contributed by atoms with Crippen LogP contribution in [0.5, 0.6) is 0 Å². The quantitative estimate of drug-likeness (QED) is 0.650. The van der Waals surface area contributed by atoms with Gasteiger partial charge in [0.05, 0.1) is 0 Å². The van der Waals surface area contributed by atoms with Crippen LogP contribution in [0.3, 0.4) is 0 Å². The average Bonchev–Trinajstić information content (AvgIpc) is 2.19. The van der Waals surface area contributed by atoms with E-state index in [0.29, 0.717) is 5.56 Å². The van der Waals surface area contributed by atoms with Gasteiger partial charge < -0.3 is 15.5 Å². The topological polar surface area (TPSA) is 69.6 Å². The largest absolute Gasteiger partial charge is 0.480 e. The van der Waals surface area contributed by atoms with E-state index in [1.807, 2.05) is 6.07 Å². The molecule has 0 saturated carbocycles. The summed E-state index contributed by atoms with van der Waals surface area (Å²) in [5.41, 5.74) is 0.592. The Morgan fingerprint density at radius 1 is 1.36 bits per heavy atom. The number of carboxylic acid groups (broad SMARTS) is 1. The van der Waals surface area contributed by atoms with Crippen molar-refractivity contribution < 1.29 is 15.0 Å². The van der Waals surface area contributed by atoms with E-state index in [4.69, 9.17) is 5.11 Å². The normalized spacial score (nSPS) is 14.7. The van der Waals surface area contributed by atoms with Crippen LogP contribution < -0.4 is 5.32 Å². The van der Waals surface area contributed by atoms with Gasteiger partial charge in [-0.05, 0) is 12.6 Å². The lowest BCUT2D eigenvalue weighted by molar-refractivity contribution is -0.142. The number of hydrogen-bond donors (Lipinski definition) is 3. The van der Waals surface area contributed by atoms with Crippen molar-refractivity contribution in [3.8, 4) is 0 Å². The fourth-order valence-corrected chi connectivity index (χ4v) is 1.26. The van der Waals surface area contributed by atoms with Gasteiger partial charge in [-0.1, -0.05) is 30.3 Å². The van der Waals surface area contributed by atoms with E-state index in [0.717, 1.165) is 0 Å². The molecule has 0 amide bonds. The van der Waals surface area contributed by atoms with Crippen molar-refractivity contribution in [2.24, 2.45) is 0 Å². The zero-order valence-electron chi connectivity index (χ0n) is 7.84. The molecule has 1 aromatic rings. The minimum Gasteiger partial charge on any atom is -0.480 e. The Morgan fingerprint density at radius 2 is 1.93 bits per heavy atom. The van der Waals surface area contributed by atoms with Crippen molar-refractivity contribution >= 4 is 5.97 Å². The molecule has 0 aromatic heterocycles. The molecule has 4 heteroatoms. The zero-order chi connectivity index (χ0) is 10.6. The van der Waals surface area contributed by atoms with Crippen molar-refractivity contribution in [1.29, 1.82) is 0 Å². The molecule has 0 aliphatic heterocycles. The third-order valence-corrected chi connectivity index (χ3v) is 2.03. The summed E-state index contributed by atoms with van der Waals surface area (Å²) in [5.74, 6) is -1.07. The number of rotatable bonds is 4. The first kappa shape index (κ1) is 10.7. The lowest BCUT2D eigenvalue weighted by Crippen LogP contribution is -2.39. The minimum atomic E-state index is -1.07. The zero-order valence-corrected chi connectivity index (χ0v) is 7.84. The Balaban J connectivity index is 2.83. The van der Waals surface area contributed by atoms with Gasteiger partial charge in [-0.25, -0.2) is 0 Å². The molecular formula is C10H13NO3. The molecule has 0 aliphatic carbocycles. The van der Waals surface area contributed by atoms with E-state index in [-0.39, 0.29) is 0 Å². The molecule has 0 bridgehead atoms. The molecule has 0 aliphatic rings.